The maximum absolute atomic E-state index is 12.2. The fourth-order valence-corrected chi connectivity index (χ4v) is 3.33. The first-order valence-electron chi connectivity index (χ1n) is 10.5. The molecule has 1 aromatic rings. The van der Waals surface area contributed by atoms with Crippen LogP contribution in [-0.2, 0) is 16.1 Å². The van der Waals surface area contributed by atoms with Crippen molar-refractivity contribution in [2.75, 3.05) is 39.3 Å². The number of amides is 2. The molecule has 1 fully saturated rings. The molecule has 156 valence electrons. The SMILES string of the molecule is CCCNC(=O)[C@H](C)NC(=O)CN1CCN(Cc2ccc(C(C)C)cc2)CC1. The highest BCUT2D eigenvalue weighted by atomic mass is 16.2. The molecule has 1 aliphatic rings. The van der Waals surface area contributed by atoms with Crippen LogP contribution in [-0.4, -0.2) is 66.9 Å². The van der Waals surface area contributed by atoms with Gasteiger partial charge in [-0.15, -0.1) is 0 Å². The Morgan fingerprint density at radius 1 is 1.00 bits per heavy atom. The number of carbonyl (C=O) groups is 2. The molecule has 1 aliphatic heterocycles. The Morgan fingerprint density at radius 2 is 1.61 bits per heavy atom. The molecule has 0 aliphatic carbocycles. The molecule has 0 aromatic heterocycles. The van der Waals surface area contributed by atoms with Crippen molar-refractivity contribution in [3.63, 3.8) is 0 Å². The van der Waals surface area contributed by atoms with Crippen LogP contribution in [0.15, 0.2) is 24.3 Å². The Labute approximate surface area is 169 Å². The predicted octanol–water partition coefficient (Wildman–Crippen LogP) is 1.96. The highest BCUT2D eigenvalue weighted by molar-refractivity contribution is 5.87. The largest absolute Gasteiger partial charge is 0.354 e. The number of piperazine rings is 1. The van der Waals surface area contributed by atoms with Gasteiger partial charge in [-0.25, -0.2) is 0 Å². The van der Waals surface area contributed by atoms with Crippen molar-refractivity contribution in [1.82, 2.24) is 20.4 Å². The summed E-state index contributed by atoms with van der Waals surface area (Å²) in [4.78, 5) is 28.7. The van der Waals surface area contributed by atoms with Gasteiger partial charge < -0.3 is 10.6 Å². The minimum atomic E-state index is -0.492. The lowest BCUT2D eigenvalue weighted by molar-refractivity contribution is -0.129. The van der Waals surface area contributed by atoms with Crippen molar-refractivity contribution in [1.29, 1.82) is 0 Å². The Kier molecular flexibility index (Phi) is 8.93. The first-order chi connectivity index (χ1) is 13.4. The molecule has 2 amide bonds. The van der Waals surface area contributed by atoms with Gasteiger partial charge in [0, 0.05) is 39.3 Å². The summed E-state index contributed by atoms with van der Waals surface area (Å²) in [7, 11) is 0. The van der Waals surface area contributed by atoms with E-state index in [1.165, 1.54) is 11.1 Å². The average molecular weight is 389 g/mol. The van der Waals surface area contributed by atoms with Crippen LogP contribution in [0.5, 0.6) is 0 Å². The third kappa shape index (κ3) is 7.24. The zero-order chi connectivity index (χ0) is 20.5. The molecule has 0 saturated carbocycles. The Hall–Kier alpha value is -1.92. The van der Waals surface area contributed by atoms with Crippen molar-refractivity contribution in [2.24, 2.45) is 0 Å². The minimum absolute atomic E-state index is 0.0862. The molecule has 1 atom stereocenters. The fourth-order valence-electron chi connectivity index (χ4n) is 3.33. The first-order valence-corrected chi connectivity index (χ1v) is 10.5. The normalized spacial score (nSPS) is 16.8. The van der Waals surface area contributed by atoms with Gasteiger partial charge in [0.1, 0.15) is 6.04 Å². The van der Waals surface area contributed by atoms with Crippen LogP contribution in [0.4, 0.5) is 0 Å². The summed E-state index contributed by atoms with van der Waals surface area (Å²) in [5.41, 5.74) is 2.71. The summed E-state index contributed by atoms with van der Waals surface area (Å²) in [5.74, 6) is 0.351. The van der Waals surface area contributed by atoms with E-state index in [4.69, 9.17) is 0 Å². The molecule has 2 N–H and O–H groups in total. The summed E-state index contributed by atoms with van der Waals surface area (Å²) in [6, 6.07) is 8.39. The number of rotatable bonds is 9. The third-order valence-corrected chi connectivity index (χ3v) is 5.20. The van der Waals surface area contributed by atoms with Crippen LogP contribution in [0, 0.1) is 0 Å². The molecular weight excluding hydrogens is 352 g/mol. The van der Waals surface area contributed by atoms with Gasteiger partial charge in [0.25, 0.3) is 0 Å². The van der Waals surface area contributed by atoms with Crippen LogP contribution >= 0.6 is 0 Å². The van der Waals surface area contributed by atoms with Gasteiger partial charge in [0.2, 0.25) is 11.8 Å². The second-order valence-electron chi connectivity index (χ2n) is 8.03. The van der Waals surface area contributed by atoms with Crippen LogP contribution in [0.1, 0.15) is 51.2 Å². The van der Waals surface area contributed by atoms with Crippen molar-refractivity contribution < 1.29 is 9.59 Å². The summed E-state index contributed by atoms with van der Waals surface area (Å²) in [6.45, 7) is 13.7. The van der Waals surface area contributed by atoms with Crippen molar-refractivity contribution in [2.45, 2.75) is 52.6 Å². The van der Waals surface area contributed by atoms with E-state index >= 15 is 0 Å². The van der Waals surface area contributed by atoms with E-state index in [-0.39, 0.29) is 11.8 Å². The number of carbonyl (C=O) groups excluding carboxylic acids is 2. The molecule has 28 heavy (non-hydrogen) atoms. The van der Waals surface area contributed by atoms with Crippen molar-refractivity contribution in [3.8, 4) is 0 Å². The molecular formula is C22H36N4O2. The number of nitrogens with one attached hydrogen (secondary N) is 2. The van der Waals surface area contributed by atoms with E-state index < -0.39 is 6.04 Å². The van der Waals surface area contributed by atoms with Crippen LogP contribution < -0.4 is 10.6 Å². The van der Waals surface area contributed by atoms with Gasteiger partial charge in [-0.2, -0.15) is 0 Å². The second-order valence-corrected chi connectivity index (χ2v) is 8.03. The quantitative estimate of drug-likeness (QED) is 0.679. The molecule has 0 radical (unpaired) electrons. The van der Waals surface area contributed by atoms with Gasteiger partial charge in [-0.3, -0.25) is 19.4 Å². The van der Waals surface area contributed by atoms with Gasteiger partial charge in [-0.1, -0.05) is 45.0 Å². The third-order valence-electron chi connectivity index (χ3n) is 5.20. The maximum Gasteiger partial charge on any atom is 0.242 e. The Morgan fingerprint density at radius 3 is 2.18 bits per heavy atom. The maximum atomic E-state index is 12.2. The molecule has 0 spiro atoms. The summed E-state index contributed by atoms with van der Waals surface area (Å²) >= 11 is 0. The number of hydrogen-bond acceptors (Lipinski definition) is 4. The van der Waals surface area contributed by atoms with Crippen molar-refractivity contribution >= 4 is 11.8 Å². The molecule has 1 heterocycles. The number of benzene rings is 1. The first kappa shape index (κ1) is 22.4. The molecule has 0 bridgehead atoms. The molecule has 6 heteroatoms. The zero-order valence-electron chi connectivity index (χ0n) is 17.8. The van der Waals surface area contributed by atoms with E-state index in [0.717, 1.165) is 39.1 Å². The zero-order valence-corrected chi connectivity index (χ0v) is 17.8. The summed E-state index contributed by atoms with van der Waals surface area (Å²) < 4.78 is 0. The smallest absolute Gasteiger partial charge is 0.242 e. The Bertz CT molecular complexity index is 622. The lowest BCUT2D eigenvalue weighted by atomic mass is 10.0. The fraction of sp³-hybridized carbons (Fsp3) is 0.636. The number of hydrogen-bond donors (Lipinski definition) is 2. The number of nitrogens with zero attached hydrogens (tertiary/aromatic N) is 2. The van der Waals surface area contributed by atoms with E-state index in [1.54, 1.807) is 6.92 Å². The van der Waals surface area contributed by atoms with Crippen LogP contribution in [0.3, 0.4) is 0 Å². The van der Waals surface area contributed by atoms with E-state index in [1.807, 2.05) is 6.92 Å². The summed E-state index contributed by atoms with van der Waals surface area (Å²) in [5, 5.41) is 5.60. The molecule has 2 rings (SSSR count). The lowest BCUT2D eigenvalue weighted by Gasteiger charge is -2.34. The predicted molar refractivity (Wildman–Crippen MR) is 113 cm³/mol. The molecule has 0 unspecified atom stereocenters. The molecule has 6 nitrogen and oxygen atoms in total. The van der Waals surface area contributed by atoms with Gasteiger partial charge in [0.05, 0.1) is 6.54 Å². The van der Waals surface area contributed by atoms with E-state index in [0.29, 0.717) is 19.0 Å². The molecule has 1 aromatic carbocycles. The van der Waals surface area contributed by atoms with Gasteiger partial charge in [-0.05, 0) is 30.4 Å². The van der Waals surface area contributed by atoms with E-state index in [9.17, 15) is 9.59 Å². The highest BCUT2D eigenvalue weighted by Crippen LogP contribution is 2.16. The average Bonchev–Trinajstić information content (AvgIpc) is 2.67. The molecule has 1 saturated heterocycles. The van der Waals surface area contributed by atoms with Gasteiger partial charge >= 0.3 is 0 Å². The summed E-state index contributed by atoms with van der Waals surface area (Å²) in [6.07, 6.45) is 0.887. The standard InChI is InChI=1S/C22H36N4O2/c1-5-10-23-22(28)18(4)24-21(27)16-26-13-11-25(12-14-26)15-19-6-8-20(9-7-19)17(2)3/h6-9,17-18H,5,10-16H2,1-4H3,(H,23,28)(H,24,27)/t18-/m0/s1. The van der Waals surface area contributed by atoms with Crippen LogP contribution in [0.2, 0.25) is 0 Å². The highest BCUT2D eigenvalue weighted by Gasteiger charge is 2.21. The van der Waals surface area contributed by atoms with E-state index in [2.05, 4.69) is 58.5 Å². The Balaban J connectivity index is 1.70. The topological polar surface area (TPSA) is 64.7 Å². The lowest BCUT2D eigenvalue weighted by Crippen LogP contribution is -2.52. The second kappa shape index (κ2) is 11.2. The van der Waals surface area contributed by atoms with Gasteiger partial charge in [0.15, 0.2) is 0 Å². The monoisotopic (exact) mass is 388 g/mol. The van der Waals surface area contributed by atoms with Crippen molar-refractivity contribution in [3.05, 3.63) is 35.4 Å². The minimum Gasteiger partial charge on any atom is -0.354 e. The van der Waals surface area contributed by atoms with Crippen LogP contribution in [0.25, 0.3) is 0 Å².